The molecule has 0 saturated heterocycles. The molecule has 0 amide bonds. The minimum Gasteiger partial charge on any atom is -0.478 e. The van der Waals surface area contributed by atoms with Crippen LogP contribution in [0.15, 0.2) is 24.3 Å². The third kappa shape index (κ3) is 60.4. The molecule has 0 bridgehead atoms. The summed E-state index contributed by atoms with van der Waals surface area (Å²) in [5, 5.41) is 17.2. The first kappa shape index (κ1) is 62.4. The quantitative estimate of drug-likeness (QED) is 0.0471. The smallest absolute Gasteiger partial charge is 0.327 e. The van der Waals surface area contributed by atoms with E-state index in [0.29, 0.717) is 0 Å². The van der Waals surface area contributed by atoms with E-state index in [9.17, 15) is 9.59 Å². The summed E-state index contributed by atoms with van der Waals surface area (Å²) in [6.07, 6.45) is 81.9. The van der Waals surface area contributed by atoms with Gasteiger partial charge in [0.2, 0.25) is 0 Å². The molecule has 4 nitrogen and oxygen atoms in total. The van der Waals surface area contributed by atoms with E-state index in [4.69, 9.17) is 10.2 Å². The molecule has 0 heterocycles. The predicted molar refractivity (Wildman–Crippen MR) is 283 cm³/mol. The van der Waals surface area contributed by atoms with E-state index >= 15 is 0 Å². The van der Waals surface area contributed by atoms with Gasteiger partial charge in [0.25, 0.3) is 0 Å². The number of aliphatic carboxylic acids is 2. The highest BCUT2D eigenvalue weighted by atomic mass is 16.4. The van der Waals surface area contributed by atoms with E-state index in [1.54, 1.807) is 12.2 Å². The Kier molecular flexibility index (Phi) is 56.1. The minimum atomic E-state index is -0.829. The molecular weight excluding hydrogens is 785 g/mol. The molecule has 0 aliphatic carbocycles. The molecule has 64 heavy (non-hydrogen) atoms. The number of allylic oxidation sites excluding steroid dienone is 2. The average molecular weight is 900 g/mol. The van der Waals surface area contributed by atoms with Crippen LogP contribution in [-0.4, -0.2) is 22.2 Å². The fourth-order valence-corrected chi connectivity index (χ4v) is 9.73. The number of unbranched alkanes of at least 4 members (excludes halogenated alkanes) is 53. The molecule has 2 N–H and O–H groups in total. The third-order valence-electron chi connectivity index (χ3n) is 14.0. The van der Waals surface area contributed by atoms with E-state index in [1.807, 2.05) is 0 Å². The number of hydrogen-bond acceptors (Lipinski definition) is 2. The van der Waals surface area contributed by atoms with Crippen molar-refractivity contribution in [3.8, 4) is 0 Å². The topological polar surface area (TPSA) is 74.6 Å². The van der Waals surface area contributed by atoms with Gasteiger partial charge in [-0.25, -0.2) is 9.59 Å². The molecule has 0 saturated carbocycles. The van der Waals surface area contributed by atoms with Gasteiger partial charge in [0.15, 0.2) is 0 Å². The van der Waals surface area contributed by atoms with Crippen molar-refractivity contribution in [2.24, 2.45) is 0 Å². The van der Waals surface area contributed by atoms with E-state index in [1.165, 1.54) is 333 Å². The van der Waals surface area contributed by atoms with Crippen molar-refractivity contribution in [2.45, 2.75) is 347 Å². The normalized spacial score (nSPS) is 11.8. The Balaban J connectivity index is 3.09. The van der Waals surface area contributed by atoms with Crippen LogP contribution in [0.2, 0.25) is 0 Å². The Morgan fingerprint density at radius 1 is 0.188 bits per heavy atom. The highest BCUT2D eigenvalue weighted by Crippen LogP contribution is 2.19. The fraction of sp³-hybridized carbons (Fsp3) is 0.900. The SMILES string of the molecule is O=C(O)C=CCCCCCCCCCCCCCCCCCCCCCCCCCCCCCCCCCCCCCCCCCCCCCCCCCCCCCCC=CC(=O)O. The Morgan fingerprint density at radius 3 is 0.375 bits per heavy atom. The van der Waals surface area contributed by atoms with Gasteiger partial charge < -0.3 is 10.2 Å². The van der Waals surface area contributed by atoms with E-state index in [2.05, 4.69) is 0 Å². The highest BCUT2D eigenvalue weighted by molar-refractivity contribution is 5.79. The van der Waals surface area contributed by atoms with Gasteiger partial charge in [-0.05, 0) is 25.7 Å². The number of carboxylic acid groups (broad SMARTS) is 2. The number of carboxylic acids is 2. The summed E-state index contributed by atoms with van der Waals surface area (Å²) in [5.74, 6) is -1.66. The molecule has 4 heteroatoms. The lowest BCUT2D eigenvalue weighted by Gasteiger charge is -2.05. The lowest BCUT2D eigenvalue weighted by atomic mass is 10.0. The second kappa shape index (κ2) is 57.5. The van der Waals surface area contributed by atoms with Crippen LogP contribution in [0.1, 0.15) is 347 Å². The molecule has 0 aromatic carbocycles. The Labute approximate surface area is 401 Å². The molecule has 0 aliphatic heterocycles. The maximum atomic E-state index is 10.4. The zero-order valence-corrected chi connectivity index (χ0v) is 43.2. The van der Waals surface area contributed by atoms with Crippen molar-refractivity contribution in [1.82, 2.24) is 0 Å². The van der Waals surface area contributed by atoms with Crippen LogP contribution in [0.4, 0.5) is 0 Å². The average Bonchev–Trinajstić information content (AvgIpc) is 3.28. The number of carbonyl (C=O) groups is 2. The van der Waals surface area contributed by atoms with Gasteiger partial charge in [0.05, 0.1) is 0 Å². The van der Waals surface area contributed by atoms with E-state index < -0.39 is 11.9 Å². The van der Waals surface area contributed by atoms with Crippen molar-refractivity contribution in [1.29, 1.82) is 0 Å². The predicted octanol–water partition coefficient (Wildman–Crippen LogP) is 21.3. The Bertz CT molecular complexity index is 879. The highest BCUT2D eigenvalue weighted by Gasteiger charge is 2.00. The van der Waals surface area contributed by atoms with Crippen molar-refractivity contribution >= 4 is 11.9 Å². The van der Waals surface area contributed by atoms with Crippen LogP contribution in [-0.2, 0) is 9.59 Å². The molecule has 0 aromatic rings. The van der Waals surface area contributed by atoms with Crippen LogP contribution < -0.4 is 0 Å². The molecule has 0 atom stereocenters. The molecule has 0 aliphatic rings. The molecule has 0 unspecified atom stereocenters. The van der Waals surface area contributed by atoms with E-state index in [0.717, 1.165) is 25.7 Å². The lowest BCUT2D eigenvalue weighted by molar-refractivity contribution is -0.132. The molecule has 0 fully saturated rings. The van der Waals surface area contributed by atoms with Crippen LogP contribution in [0, 0.1) is 0 Å². The van der Waals surface area contributed by atoms with Crippen LogP contribution in [0.3, 0.4) is 0 Å². The van der Waals surface area contributed by atoms with Crippen molar-refractivity contribution < 1.29 is 19.8 Å². The molecular formula is C60H114O4. The van der Waals surface area contributed by atoms with Gasteiger partial charge in [-0.1, -0.05) is 333 Å². The standard InChI is InChI=1S/C60H114O4/c61-59(62)57-55-53-51-49-47-45-43-41-39-37-35-33-31-29-27-25-23-21-19-17-15-13-11-9-7-5-3-1-2-4-6-8-10-12-14-16-18-20-22-24-26-28-30-32-34-36-38-40-42-44-46-48-50-52-54-56-58-60(63)64/h55-58H,1-54H2,(H,61,62)(H,63,64). The minimum absolute atomic E-state index is 0.829. The van der Waals surface area contributed by atoms with Crippen molar-refractivity contribution in [3.05, 3.63) is 24.3 Å². The third-order valence-corrected chi connectivity index (χ3v) is 14.0. The monoisotopic (exact) mass is 899 g/mol. The molecule has 0 aromatic heterocycles. The maximum absolute atomic E-state index is 10.4. The van der Waals surface area contributed by atoms with E-state index in [-0.39, 0.29) is 0 Å². The summed E-state index contributed by atoms with van der Waals surface area (Å²) < 4.78 is 0. The molecule has 0 rings (SSSR count). The number of rotatable bonds is 57. The van der Waals surface area contributed by atoms with Crippen LogP contribution >= 0.6 is 0 Å². The van der Waals surface area contributed by atoms with Crippen LogP contribution in [0.25, 0.3) is 0 Å². The summed E-state index contributed by atoms with van der Waals surface area (Å²) in [4.78, 5) is 20.9. The summed E-state index contributed by atoms with van der Waals surface area (Å²) in [6, 6.07) is 0. The van der Waals surface area contributed by atoms with Gasteiger partial charge in [0, 0.05) is 12.2 Å². The van der Waals surface area contributed by atoms with Gasteiger partial charge >= 0.3 is 11.9 Å². The van der Waals surface area contributed by atoms with Crippen LogP contribution in [0.5, 0.6) is 0 Å². The summed E-state index contributed by atoms with van der Waals surface area (Å²) >= 11 is 0. The second-order valence-corrected chi connectivity index (χ2v) is 20.4. The first-order valence-electron chi connectivity index (χ1n) is 29.4. The molecule has 0 spiro atoms. The summed E-state index contributed by atoms with van der Waals surface area (Å²) in [5.41, 5.74) is 0. The number of hydrogen-bond donors (Lipinski definition) is 2. The zero-order valence-electron chi connectivity index (χ0n) is 43.2. The first-order valence-corrected chi connectivity index (χ1v) is 29.4. The Morgan fingerprint density at radius 2 is 0.281 bits per heavy atom. The van der Waals surface area contributed by atoms with Gasteiger partial charge in [-0.3, -0.25) is 0 Å². The largest absolute Gasteiger partial charge is 0.478 e. The summed E-state index contributed by atoms with van der Waals surface area (Å²) in [7, 11) is 0. The van der Waals surface area contributed by atoms with Gasteiger partial charge in [-0.15, -0.1) is 0 Å². The van der Waals surface area contributed by atoms with Crippen molar-refractivity contribution in [2.75, 3.05) is 0 Å². The first-order chi connectivity index (χ1) is 31.6. The zero-order chi connectivity index (χ0) is 46.2. The molecule has 378 valence electrons. The van der Waals surface area contributed by atoms with Gasteiger partial charge in [-0.2, -0.15) is 0 Å². The van der Waals surface area contributed by atoms with Crippen molar-refractivity contribution in [3.63, 3.8) is 0 Å². The summed E-state index contributed by atoms with van der Waals surface area (Å²) in [6.45, 7) is 0. The maximum Gasteiger partial charge on any atom is 0.327 e. The van der Waals surface area contributed by atoms with Gasteiger partial charge in [0.1, 0.15) is 0 Å². The second-order valence-electron chi connectivity index (χ2n) is 20.4. The Hall–Kier alpha value is -1.58. The fourth-order valence-electron chi connectivity index (χ4n) is 9.73. The lowest BCUT2D eigenvalue weighted by Crippen LogP contribution is -1.86. The molecule has 0 radical (unpaired) electrons.